The highest BCUT2D eigenvalue weighted by molar-refractivity contribution is 8.00. The van der Waals surface area contributed by atoms with Gasteiger partial charge in [0, 0.05) is 29.2 Å². The second kappa shape index (κ2) is 5.83. The zero-order valence-electron chi connectivity index (χ0n) is 11.4. The highest BCUT2D eigenvalue weighted by Crippen LogP contribution is 2.32. The monoisotopic (exact) mass is 337 g/mol. The molecule has 0 atom stereocenters. The molecule has 0 spiro atoms. The molecule has 112 valence electrons. The molecule has 7 heteroatoms. The lowest BCUT2D eigenvalue weighted by Gasteiger charge is -2.36. The summed E-state index contributed by atoms with van der Waals surface area (Å²) in [6, 6.07) is 3.79. The number of hydrogen-bond acceptors (Lipinski definition) is 3. The van der Waals surface area contributed by atoms with Crippen LogP contribution in [0.25, 0.3) is 0 Å². The van der Waals surface area contributed by atoms with Crippen LogP contribution in [-0.4, -0.2) is 36.3 Å². The third-order valence-corrected chi connectivity index (χ3v) is 6.62. The summed E-state index contributed by atoms with van der Waals surface area (Å²) in [5, 5.41) is 0. The van der Waals surface area contributed by atoms with Crippen molar-refractivity contribution in [2.75, 3.05) is 18.8 Å². The molecule has 0 aliphatic carbocycles. The molecule has 0 aromatic heterocycles. The Kier molecular flexibility index (Phi) is 4.69. The molecule has 0 N–H and O–H groups in total. The van der Waals surface area contributed by atoms with Crippen molar-refractivity contribution in [2.45, 2.75) is 29.4 Å². The highest BCUT2D eigenvalue weighted by Gasteiger charge is 2.34. The van der Waals surface area contributed by atoms with Crippen molar-refractivity contribution >= 4 is 33.4 Å². The molecule has 1 aromatic carbocycles. The van der Waals surface area contributed by atoms with Gasteiger partial charge in [0.25, 0.3) is 0 Å². The normalized spacial score (nSPS) is 20.0. The molecule has 0 radical (unpaired) electrons. The average Bonchev–Trinajstić information content (AvgIpc) is 2.37. The van der Waals surface area contributed by atoms with Gasteiger partial charge in [-0.1, -0.05) is 0 Å². The lowest BCUT2D eigenvalue weighted by molar-refractivity contribution is 0.387. The fourth-order valence-corrected chi connectivity index (χ4v) is 5.31. The van der Waals surface area contributed by atoms with Crippen LogP contribution in [0.2, 0.25) is 0 Å². The van der Waals surface area contributed by atoms with Crippen molar-refractivity contribution in [3.05, 3.63) is 29.6 Å². The maximum Gasteiger partial charge on any atom is 0.243 e. The van der Waals surface area contributed by atoms with Crippen LogP contribution in [0, 0.1) is 5.82 Å². The van der Waals surface area contributed by atoms with E-state index in [1.807, 2.05) is 13.8 Å². The van der Waals surface area contributed by atoms with Crippen molar-refractivity contribution in [3.63, 3.8) is 0 Å². The van der Waals surface area contributed by atoms with Gasteiger partial charge >= 0.3 is 0 Å². The number of rotatable bonds is 3. The molecule has 1 fully saturated rings. The van der Waals surface area contributed by atoms with Gasteiger partial charge in [0.2, 0.25) is 10.0 Å². The van der Waals surface area contributed by atoms with Crippen LogP contribution in [0.1, 0.15) is 19.4 Å². The predicted octanol–water partition coefficient (Wildman–Crippen LogP) is 3.08. The zero-order chi connectivity index (χ0) is 15.0. The van der Waals surface area contributed by atoms with Crippen LogP contribution in [-0.2, 0) is 15.9 Å². The smallest absolute Gasteiger partial charge is 0.207 e. The molecule has 3 nitrogen and oxygen atoms in total. The summed E-state index contributed by atoms with van der Waals surface area (Å²) in [5.41, 5.74) is 0.207. The van der Waals surface area contributed by atoms with Gasteiger partial charge in [0.15, 0.2) is 0 Å². The number of halogens is 2. The average molecular weight is 338 g/mol. The number of nitrogens with zero attached hydrogens (tertiary/aromatic N) is 1. The van der Waals surface area contributed by atoms with Crippen LogP contribution >= 0.6 is 23.4 Å². The Morgan fingerprint density at radius 2 is 2.15 bits per heavy atom. The summed E-state index contributed by atoms with van der Waals surface area (Å²) >= 11 is 7.39. The zero-order valence-corrected chi connectivity index (χ0v) is 13.8. The quantitative estimate of drug-likeness (QED) is 0.795. The minimum atomic E-state index is -3.59. The van der Waals surface area contributed by atoms with E-state index in [-0.39, 0.29) is 21.1 Å². The summed E-state index contributed by atoms with van der Waals surface area (Å²) in [5.74, 6) is 0.236. The summed E-state index contributed by atoms with van der Waals surface area (Å²) in [7, 11) is -3.59. The Morgan fingerprint density at radius 1 is 1.45 bits per heavy atom. The first-order valence-electron chi connectivity index (χ1n) is 6.25. The Hall–Kier alpha value is -0.300. The minimum absolute atomic E-state index is 0.0451. The maximum absolute atomic E-state index is 13.4. The summed E-state index contributed by atoms with van der Waals surface area (Å²) in [6.45, 7) is 4.97. The number of thioether (sulfide) groups is 1. The van der Waals surface area contributed by atoms with Crippen molar-refractivity contribution in [1.29, 1.82) is 0 Å². The Bertz CT molecular complexity index is 604. The third-order valence-electron chi connectivity index (χ3n) is 3.19. The van der Waals surface area contributed by atoms with E-state index in [9.17, 15) is 12.8 Å². The molecule has 1 aliphatic rings. The van der Waals surface area contributed by atoms with E-state index >= 15 is 0 Å². The van der Waals surface area contributed by atoms with Crippen molar-refractivity contribution in [2.24, 2.45) is 0 Å². The van der Waals surface area contributed by atoms with E-state index in [0.29, 0.717) is 13.1 Å². The fraction of sp³-hybridized carbons (Fsp3) is 0.538. The van der Waals surface area contributed by atoms with Crippen LogP contribution in [0.4, 0.5) is 4.39 Å². The van der Waals surface area contributed by atoms with Crippen LogP contribution in [0.5, 0.6) is 0 Å². The second-order valence-corrected chi connectivity index (χ2v) is 9.34. The molecule has 0 unspecified atom stereocenters. The van der Waals surface area contributed by atoms with E-state index in [1.165, 1.54) is 16.4 Å². The summed E-state index contributed by atoms with van der Waals surface area (Å²) < 4.78 is 40.0. The van der Waals surface area contributed by atoms with Gasteiger partial charge in [-0.15, -0.1) is 11.6 Å². The van der Waals surface area contributed by atoms with E-state index in [1.54, 1.807) is 11.8 Å². The maximum atomic E-state index is 13.4. The number of alkyl halides is 1. The Labute approximate surface area is 128 Å². The molecule has 1 aliphatic heterocycles. The summed E-state index contributed by atoms with van der Waals surface area (Å²) in [6.07, 6.45) is 0. The lowest BCUT2D eigenvalue weighted by atomic mass is 10.2. The van der Waals surface area contributed by atoms with Gasteiger partial charge in [0.1, 0.15) is 5.82 Å². The lowest BCUT2D eigenvalue weighted by Crippen LogP contribution is -2.46. The number of hydrogen-bond donors (Lipinski definition) is 0. The summed E-state index contributed by atoms with van der Waals surface area (Å²) in [4.78, 5) is 0.109. The van der Waals surface area contributed by atoms with Gasteiger partial charge in [-0.25, -0.2) is 12.8 Å². The van der Waals surface area contributed by atoms with E-state index < -0.39 is 15.8 Å². The standard InChI is InChI=1S/C13H17ClFNO2S2/c1-13(2)9-16(5-6-19-13)20(17,18)11-3-4-12(15)10(7-11)8-14/h3-4,7H,5-6,8-9H2,1-2H3. The van der Waals surface area contributed by atoms with Crippen LogP contribution in [0.15, 0.2) is 23.1 Å². The molecular formula is C13H17ClFNO2S2. The topological polar surface area (TPSA) is 37.4 Å². The second-order valence-electron chi connectivity index (χ2n) is 5.33. The van der Waals surface area contributed by atoms with Gasteiger partial charge in [-0.3, -0.25) is 0 Å². The van der Waals surface area contributed by atoms with Gasteiger partial charge in [-0.2, -0.15) is 16.1 Å². The molecule has 1 aromatic rings. The Balaban J connectivity index is 2.35. The molecule has 20 heavy (non-hydrogen) atoms. The molecular weight excluding hydrogens is 321 g/mol. The van der Waals surface area contributed by atoms with Crippen molar-refractivity contribution in [3.8, 4) is 0 Å². The van der Waals surface area contributed by atoms with Crippen molar-refractivity contribution < 1.29 is 12.8 Å². The number of benzene rings is 1. The van der Waals surface area contributed by atoms with E-state index in [4.69, 9.17) is 11.6 Å². The largest absolute Gasteiger partial charge is 0.243 e. The minimum Gasteiger partial charge on any atom is -0.207 e. The molecule has 1 saturated heterocycles. The molecule has 2 rings (SSSR count). The van der Waals surface area contributed by atoms with Gasteiger partial charge in [0.05, 0.1) is 10.8 Å². The highest BCUT2D eigenvalue weighted by atomic mass is 35.5. The van der Waals surface area contributed by atoms with Gasteiger partial charge < -0.3 is 0 Å². The number of sulfonamides is 1. The first-order chi connectivity index (χ1) is 9.26. The fourth-order valence-electron chi connectivity index (χ4n) is 2.14. The SMILES string of the molecule is CC1(C)CN(S(=O)(=O)c2ccc(F)c(CCl)c2)CCS1. The molecule has 1 heterocycles. The molecule has 0 saturated carbocycles. The van der Waals surface area contributed by atoms with Crippen LogP contribution < -0.4 is 0 Å². The Morgan fingerprint density at radius 3 is 2.75 bits per heavy atom. The van der Waals surface area contributed by atoms with Gasteiger partial charge in [-0.05, 0) is 32.0 Å². The predicted molar refractivity (Wildman–Crippen MR) is 81.3 cm³/mol. The molecule has 0 bridgehead atoms. The molecule has 0 amide bonds. The van der Waals surface area contributed by atoms with Crippen molar-refractivity contribution in [1.82, 2.24) is 4.31 Å². The first-order valence-corrected chi connectivity index (χ1v) is 9.21. The first kappa shape index (κ1) is 16.1. The van der Waals surface area contributed by atoms with E-state index in [0.717, 1.165) is 11.8 Å². The van der Waals surface area contributed by atoms with Crippen LogP contribution in [0.3, 0.4) is 0 Å². The third kappa shape index (κ3) is 3.30. The van der Waals surface area contributed by atoms with E-state index in [2.05, 4.69) is 0 Å².